The molecule has 1 atom stereocenters. The van der Waals surface area contributed by atoms with Crippen LogP contribution in [0.3, 0.4) is 0 Å². The molecule has 1 aliphatic carbocycles. The van der Waals surface area contributed by atoms with E-state index in [1.807, 2.05) is 12.1 Å². The van der Waals surface area contributed by atoms with Crippen molar-refractivity contribution in [2.24, 2.45) is 0 Å². The van der Waals surface area contributed by atoms with E-state index in [-0.39, 0.29) is 13.0 Å². The Balaban J connectivity index is 2.09. The Kier molecular flexibility index (Phi) is 4.16. The second-order valence-corrected chi connectivity index (χ2v) is 4.71. The highest BCUT2D eigenvalue weighted by Gasteiger charge is 2.21. The normalized spacial score (nSPS) is 14.8. The number of carbonyl (C=O) groups is 2. The molecule has 19 heavy (non-hydrogen) atoms. The van der Waals surface area contributed by atoms with E-state index in [0.717, 1.165) is 19.3 Å². The minimum atomic E-state index is -1.14. The van der Waals surface area contributed by atoms with Gasteiger partial charge in [-0.05, 0) is 42.5 Å². The summed E-state index contributed by atoms with van der Waals surface area (Å²) < 4.78 is 0. The van der Waals surface area contributed by atoms with Crippen LogP contribution in [0, 0.1) is 0 Å². The maximum absolute atomic E-state index is 12.0. The zero-order valence-corrected chi connectivity index (χ0v) is 10.6. The third-order valence-corrected chi connectivity index (χ3v) is 3.38. The number of aryl methyl sites for hydroxylation is 2. The second-order valence-electron chi connectivity index (χ2n) is 4.71. The van der Waals surface area contributed by atoms with Gasteiger partial charge in [0.15, 0.2) is 0 Å². The first kappa shape index (κ1) is 13.5. The first-order chi connectivity index (χ1) is 9.11. The van der Waals surface area contributed by atoms with Crippen molar-refractivity contribution < 1.29 is 19.8 Å². The summed E-state index contributed by atoms with van der Waals surface area (Å²) in [7, 11) is 0. The number of hydrogen-bond donors (Lipinski definition) is 3. The average Bonchev–Trinajstić information content (AvgIpc) is 2.85. The number of aliphatic hydroxyl groups is 1. The lowest BCUT2D eigenvalue weighted by atomic mass is 10.1. The van der Waals surface area contributed by atoms with Crippen LogP contribution in [-0.4, -0.2) is 34.7 Å². The Bertz CT molecular complexity index is 498. The van der Waals surface area contributed by atoms with Gasteiger partial charge in [-0.25, -0.2) is 4.79 Å². The van der Waals surface area contributed by atoms with Crippen LogP contribution in [0.15, 0.2) is 18.2 Å². The lowest BCUT2D eigenvalue weighted by molar-refractivity contribution is -0.139. The van der Waals surface area contributed by atoms with Gasteiger partial charge in [0, 0.05) is 18.6 Å². The molecule has 3 N–H and O–H groups in total. The lowest BCUT2D eigenvalue weighted by Gasteiger charge is -2.13. The van der Waals surface area contributed by atoms with Gasteiger partial charge in [0.1, 0.15) is 6.04 Å². The van der Waals surface area contributed by atoms with Gasteiger partial charge in [-0.1, -0.05) is 6.07 Å². The molecule has 0 aliphatic heterocycles. The Morgan fingerprint density at radius 2 is 2.00 bits per heavy atom. The van der Waals surface area contributed by atoms with Crippen molar-refractivity contribution in [2.45, 2.75) is 31.7 Å². The molecule has 1 aromatic carbocycles. The number of fused-ring (bicyclic) bond motifs is 1. The van der Waals surface area contributed by atoms with E-state index in [1.54, 1.807) is 6.07 Å². The predicted molar refractivity (Wildman–Crippen MR) is 69.1 cm³/mol. The summed E-state index contributed by atoms with van der Waals surface area (Å²) in [5, 5.41) is 20.1. The van der Waals surface area contributed by atoms with E-state index in [4.69, 9.17) is 10.2 Å². The maximum atomic E-state index is 12.0. The van der Waals surface area contributed by atoms with Crippen molar-refractivity contribution in [3.05, 3.63) is 34.9 Å². The summed E-state index contributed by atoms with van der Waals surface area (Å²) in [5.41, 5.74) is 2.91. The smallest absolute Gasteiger partial charge is 0.326 e. The number of amides is 1. The Morgan fingerprint density at radius 3 is 2.68 bits per heavy atom. The van der Waals surface area contributed by atoms with Crippen molar-refractivity contribution in [2.75, 3.05) is 6.61 Å². The molecular formula is C14H17NO4. The van der Waals surface area contributed by atoms with Crippen molar-refractivity contribution in [1.82, 2.24) is 5.32 Å². The molecule has 5 heteroatoms. The number of carbonyl (C=O) groups excluding carboxylic acids is 1. The molecule has 0 fully saturated rings. The molecule has 0 spiro atoms. The molecule has 0 saturated heterocycles. The zero-order valence-electron chi connectivity index (χ0n) is 10.6. The van der Waals surface area contributed by atoms with E-state index in [0.29, 0.717) is 5.56 Å². The van der Waals surface area contributed by atoms with Gasteiger partial charge < -0.3 is 15.5 Å². The fourth-order valence-electron chi connectivity index (χ4n) is 2.34. The van der Waals surface area contributed by atoms with Crippen molar-refractivity contribution in [3.8, 4) is 0 Å². The Morgan fingerprint density at radius 1 is 1.26 bits per heavy atom. The SMILES string of the molecule is O=C(N[C@H](CCO)C(=O)O)c1ccc2c(c1)CCC2. The zero-order chi connectivity index (χ0) is 13.8. The van der Waals surface area contributed by atoms with Gasteiger partial charge in [-0.15, -0.1) is 0 Å². The van der Waals surface area contributed by atoms with Crippen LogP contribution >= 0.6 is 0 Å². The average molecular weight is 263 g/mol. The molecule has 1 amide bonds. The summed E-state index contributed by atoms with van der Waals surface area (Å²) >= 11 is 0. The van der Waals surface area contributed by atoms with Gasteiger partial charge in [-0.3, -0.25) is 4.79 Å². The summed E-state index contributed by atoms with van der Waals surface area (Å²) in [4.78, 5) is 22.9. The van der Waals surface area contributed by atoms with Crippen LogP contribution in [0.25, 0.3) is 0 Å². The van der Waals surface area contributed by atoms with E-state index < -0.39 is 17.9 Å². The minimum absolute atomic E-state index is 0.00597. The number of carboxylic acids is 1. The molecule has 0 unspecified atom stereocenters. The highest BCUT2D eigenvalue weighted by Crippen LogP contribution is 2.22. The molecule has 0 aromatic heterocycles. The largest absolute Gasteiger partial charge is 0.480 e. The third-order valence-electron chi connectivity index (χ3n) is 3.38. The van der Waals surface area contributed by atoms with Crippen LogP contribution in [-0.2, 0) is 17.6 Å². The van der Waals surface area contributed by atoms with Gasteiger partial charge >= 0.3 is 5.97 Å². The summed E-state index contributed by atoms with van der Waals surface area (Å²) in [6.07, 6.45) is 3.11. The van der Waals surface area contributed by atoms with Crippen LogP contribution in [0.1, 0.15) is 34.3 Å². The molecule has 0 radical (unpaired) electrons. The number of carboxylic acid groups (broad SMARTS) is 1. The van der Waals surface area contributed by atoms with Gasteiger partial charge in [0.05, 0.1) is 0 Å². The third kappa shape index (κ3) is 3.12. The van der Waals surface area contributed by atoms with E-state index >= 15 is 0 Å². The second kappa shape index (κ2) is 5.84. The molecule has 0 bridgehead atoms. The monoisotopic (exact) mass is 263 g/mol. The number of nitrogens with one attached hydrogen (secondary N) is 1. The fourth-order valence-corrected chi connectivity index (χ4v) is 2.34. The fraction of sp³-hybridized carbons (Fsp3) is 0.429. The van der Waals surface area contributed by atoms with E-state index in [2.05, 4.69) is 5.32 Å². The van der Waals surface area contributed by atoms with Crippen LogP contribution < -0.4 is 5.32 Å². The van der Waals surface area contributed by atoms with Gasteiger partial charge in [-0.2, -0.15) is 0 Å². The summed E-state index contributed by atoms with van der Waals surface area (Å²) in [6.45, 7) is -0.276. The molecular weight excluding hydrogens is 246 g/mol. The highest BCUT2D eigenvalue weighted by atomic mass is 16.4. The van der Waals surface area contributed by atoms with Gasteiger partial charge in [0.2, 0.25) is 0 Å². The molecule has 102 valence electrons. The topological polar surface area (TPSA) is 86.6 Å². The molecule has 2 rings (SSSR count). The Hall–Kier alpha value is -1.88. The van der Waals surface area contributed by atoms with Crippen LogP contribution in [0.5, 0.6) is 0 Å². The molecule has 1 aromatic rings. The quantitative estimate of drug-likeness (QED) is 0.731. The first-order valence-corrected chi connectivity index (χ1v) is 6.38. The number of benzene rings is 1. The number of aliphatic hydroxyl groups excluding tert-OH is 1. The first-order valence-electron chi connectivity index (χ1n) is 6.38. The van der Waals surface area contributed by atoms with Crippen molar-refractivity contribution in [1.29, 1.82) is 0 Å². The number of hydrogen-bond acceptors (Lipinski definition) is 3. The summed E-state index contributed by atoms with van der Waals surface area (Å²) in [5.74, 6) is -1.54. The molecule has 0 heterocycles. The van der Waals surface area contributed by atoms with Crippen LogP contribution in [0.2, 0.25) is 0 Å². The van der Waals surface area contributed by atoms with Crippen molar-refractivity contribution >= 4 is 11.9 Å². The van der Waals surface area contributed by atoms with E-state index in [9.17, 15) is 9.59 Å². The van der Waals surface area contributed by atoms with Crippen LogP contribution in [0.4, 0.5) is 0 Å². The summed E-state index contributed by atoms with van der Waals surface area (Å²) in [6, 6.07) is 4.43. The lowest BCUT2D eigenvalue weighted by Crippen LogP contribution is -2.41. The van der Waals surface area contributed by atoms with Gasteiger partial charge in [0.25, 0.3) is 5.91 Å². The number of aliphatic carboxylic acids is 1. The maximum Gasteiger partial charge on any atom is 0.326 e. The standard InChI is InChI=1S/C14H17NO4/c16-7-6-12(14(18)19)15-13(17)11-5-4-9-2-1-3-10(9)8-11/h4-5,8,12,16H,1-3,6-7H2,(H,15,17)(H,18,19)/t12-/m1/s1. The molecule has 0 saturated carbocycles. The predicted octanol–water partition coefficient (Wildman–Crippen LogP) is 0.741. The van der Waals surface area contributed by atoms with E-state index in [1.165, 1.54) is 11.1 Å². The number of rotatable bonds is 5. The Labute approximate surface area is 111 Å². The van der Waals surface area contributed by atoms with Crippen molar-refractivity contribution in [3.63, 3.8) is 0 Å². The molecule has 1 aliphatic rings. The molecule has 5 nitrogen and oxygen atoms in total. The highest BCUT2D eigenvalue weighted by molar-refractivity contribution is 5.96. The minimum Gasteiger partial charge on any atom is -0.480 e.